The Bertz CT molecular complexity index is 219. The van der Waals surface area contributed by atoms with Gasteiger partial charge in [-0.05, 0) is 18.8 Å². The first-order valence-corrected chi connectivity index (χ1v) is 8.60. The number of hydrogen-bond acceptors (Lipinski definition) is 2. The number of nitrogens with one attached hydrogen (secondary N) is 2. The summed E-state index contributed by atoms with van der Waals surface area (Å²) in [5.74, 6) is 0.651. The maximum absolute atomic E-state index is 11.7. The highest BCUT2D eigenvalue weighted by atomic mass is 16.1. The van der Waals surface area contributed by atoms with Crippen LogP contribution < -0.4 is 10.6 Å². The van der Waals surface area contributed by atoms with Crippen LogP contribution in [0.4, 0.5) is 0 Å². The van der Waals surface area contributed by atoms with Crippen molar-refractivity contribution in [1.29, 1.82) is 0 Å². The van der Waals surface area contributed by atoms with Gasteiger partial charge in [0.1, 0.15) is 0 Å². The SMILES string of the molecule is CCCCCC(CCCCC)NCC(=O)NCC(C)C. The summed E-state index contributed by atoms with van der Waals surface area (Å²) in [6, 6.07) is 0.512. The van der Waals surface area contributed by atoms with Gasteiger partial charge < -0.3 is 10.6 Å². The Morgan fingerprint density at radius 2 is 1.50 bits per heavy atom. The average molecular weight is 284 g/mol. The summed E-state index contributed by atoms with van der Waals surface area (Å²) in [6.45, 7) is 9.95. The Hall–Kier alpha value is -0.570. The Labute approximate surface area is 126 Å². The lowest BCUT2D eigenvalue weighted by Gasteiger charge is -2.18. The molecule has 0 fully saturated rings. The summed E-state index contributed by atoms with van der Waals surface area (Å²) in [6.07, 6.45) is 10.1. The van der Waals surface area contributed by atoms with Crippen LogP contribution in [-0.4, -0.2) is 25.0 Å². The Morgan fingerprint density at radius 3 is 1.95 bits per heavy atom. The molecule has 0 rings (SSSR count). The molecule has 0 aliphatic rings. The third kappa shape index (κ3) is 12.5. The summed E-state index contributed by atoms with van der Waals surface area (Å²) >= 11 is 0. The highest BCUT2D eigenvalue weighted by Gasteiger charge is 2.10. The summed E-state index contributed by atoms with van der Waals surface area (Å²) in [7, 11) is 0. The standard InChI is InChI=1S/C17H36N2O/c1-5-7-9-11-16(12-10-8-6-2)18-14-17(20)19-13-15(3)4/h15-16,18H,5-14H2,1-4H3,(H,19,20). The van der Waals surface area contributed by atoms with Gasteiger partial charge in [0.05, 0.1) is 6.54 Å². The van der Waals surface area contributed by atoms with Gasteiger partial charge in [-0.3, -0.25) is 4.79 Å². The second-order valence-corrected chi connectivity index (χ2v) is 6.27. The number of carbonyl (C=O) groups is 1. The maximum Gasteiger partial charge on any atom is 0.233 e. The Morgan fingerprint density at radius 1 is 0.950 bits per heavy atom. The van der Waals surface area contributed by atoms with Crippen LogP contribution in [0.3, 0.4) is 0 Å². The third-order valence-corrected chi connectivity index (χ3v) is 3.57. The topological polar surface area (TPSA) is 41.1 Å². The van der Waals surface area contributed by atoms with Gasteiger partial charge in [-0.25, -0.2) is 0 Å². The lowest BCUT2D eigenvalue weighted by Crippen LogP contribution is -2.40. The Balaban J connectivity index is 3.89. The van der Waals surface area contributed by atoms with Gasteiger partial charge in [-0.1, -0.05) is 66.2 Å². The van der Waals surface area contributed by atoms with Gasteiger partial charge in [-0.15, -0.1) is 0 Å². The molecule has 0 aromatic heterocycles. The van der Waals surface area contributed by atoms with E-state index in [2.05, 4.69) is 38.3 Å². The van der Waals surface area contributed by atoms with E-state index in [1.807, 2.05) is 0 Å². The van der Waals surface area contributed by atoms with Crippen molar-refractivity contribution in [3.8, 4) is 0 Å². The van der Waals surface area contributed by atoms with Crippen LogP contribution in [0.25, 0.3) is 0 Å². The van der Waals surface area contributed by atoms with Crippen molar-refractivity contribution in [2.75, 3.05) is 13.1 Å². The fourth-order valence-corrected chi connectivity index (χ4v) is 2.25. The van der Waals surface area contributed by atoms with Gasteiger partial charge in [-0.2, -0.15) is 0 Å². The van der Waals surface area contributed by atoms with E-state index >= 15 is 0 Å². The molecule has 0 spiro atoms. The van der Waals surface area contributed by atoms with Gasteiger partial charge in [0.15, 0.2) is 0 Å². The number of unbranched alkanes of at least 4 members (excludes halogenated alkanes) is 4. The molecule has 3 heteroatoms. The molecule has 2 N–H and O–H groups in total. The first kappa shape index (κ1) is 19.4. The van der Waals surface area contributed by atoms with Crippen LogP contribution in [0.1, 0.15) is 79.1 Å². The molecule has 120 valence electrons. The lowest BCUT2D eigenvalue weighted by atomic mass is 10.0. The quantitative estimate of drug-likeness (QED) is 0.504. The van der Waals surface area contributed by atoms with Crippen molar-refractivity contribution in [2.45, 2.75) is 85.1 Å². The minimum absolute atomic E-state index is 0.134. The predicted octanol–water partition coefficient (Wildman–Crippen LogP) is 3.88. The zero-order chi connectivity index (χ0) is 15.2. The molecule has 0 heterocycles. The predicted molar refractivity (Wildman–Crippen MR) is 87.9 cm³/mol. The Kier molecular flexibility index (Phi) is 13.0. The molecule has 0 saturated carbocycles. The van der Waals surface area contributed by atoms with Gasteiger partial charge in [0.2, 0.25) is 5.91 Å². The van der Waals surface area contributed by atoms with Crippen molar-refractivity contribution >= 4 is 5.91 Å². The van der Waals surface area contributed by atoms with E-state index in [1.54, 1.807) is 0 Å². The van der Waals surface area contributed by atoms with E-state index in [1.165, 1.54) is 51.4 Å². The van der Waals surface area contributed by atoms with Crippen LogP contribution in [0.2, 0.25) is 0 Å². The third-order valence-electron chi connectivity index (χ3n) is 3.57. The number of carbonyl (C=O) groups excluding carboxylic acids is 1. The molecular weight excluding hydrogens is 248 g/mol. The summed E-state index contributed by atoms with van der Waals surface area (Å²) in [5.41, 5.74) is 0. The number of amides is 1. The van der Waals surface area contributed by atoms with Crippen molar-refractivity contribution < 1.29 is 4.79 Å². The molecule has 0 aliphatic heterocycles. The fourth-order valence-electron chi connectivity index (χ4n) is 2.25. The van der Waals surface area contributed by atoms with Crippen LogP contribution >= 0.6 is 0 Å². The summed E-state index contributed by atoms with van der Waals surface area (Å²) < 4.78 is 0. The molecule has 1 amide bonds. The van der Waals surface area contributed by atoms with Crippen LogP contribution in [0.15, 0.2) is 0 Å². The van der Waals surface area contributed by atoms with Crippen molar-refractivity contribution in [3.05, 3.63) is 0 Å². The lowest BCUT2D eigenvalue weighted by molar-refractivity contribution is -0.120. The van der Waals surface area contributed by atoms with Crippen LogP contribution in [-0.2, 0) is 4.79 Å². The number of rotatable bonds is 13. The van der Waals surface area contributed by atoms with Gasteiger partial charge in [0, 0.05) is 12.6 Å². The van der Waals surface area contributed by atoms with Crippen molar-refractivity contribution in [2.24, 2.45) is 5.92 Å². The van der Waals surface area contributed by atoms with Gasteiger partial charge >= 0.3 is 0 Å². The second-order valence-electron chi connectivity index (χ2n) is 6.27. The normalized spacial score (nSPS) is 11.3. The van der Waals surface area contributed by atoms with Gasteiger partial charge in [0.25, 0.3) is 0 Å². The van der Waals surface area contributed by atoms with E-state index in [0.717, 1.165) is 6.54 Å². The summed E-state index contributed by atoms with van der Waals surface area (Å²) in [5, 5.41) is 6.42. The van der Waals surface area contributed by atoms with E-state index in [0.29, 0.717) is 18.5 Å². The maximum atomic E-state index is 11.7. The highest BCUT2D eigenvalue weighted by molar-refractivity contribution is 5.77. The number of hydrogen-bond donors (Lipinski definition) is 2. The molecule has 0 aromatic carbocycles. The first-order chi connectivity index (χ1) is 9.60. The van der Waals surface area contributed by atoms with Crippen molar-refractivity contribution in [1.82, 2.24) is 10.6 Å². The molecule has 0 aliphatic carbocycles. The van der Waals surface area contributed by atoms with Crippen LogP contribution in [0.5, 0.6) is 0 Å². The second kappa shape index (κ2) is 13.4. The molecule has 0 radical (unpaired) electrons. The monoisotopic (exact) mass is 284 g/mol. The largest absolute Gasteiger partial charge is 0.355 e. The van der Waals surface area contributed by atoms with E-state index in [9.17, 15) is 4.79 Å². The minimum atomic E-state index is 0.134. The molecule has 0 aromatic rings. The molecular formula is C17H36N2O. The van der Waals surface area contributed by atoms with Crippen LogP contribution in [0, 0.1) is 5.92 Å². The summed E-state index contributed by atoms with van der Waals surface area (Å²) in [4.78, 5) is 11.7. The molecule has 0 saturated heterocycles. The zero-order valence-electron chi connectivity index (χ0n) is 14.1. The molecule has 0 bridgehead atoms. The average Bonchev–Trinajstić information content (AvgIpc) is 2.42. The smallest absolute Gasteiger partial charge is 0.233 e. The zero-order valence-corrected chi connectivity index (χ0v) is 14.1. The molecule has 0 unspecified atom stereocenters. The molecule has 20 heavy (non-hydrogen) atoms. The first-order valence-electron chi connectivity index (χ1n) is 8.60. The van der Waals surface area contributed by atoms with E-state index in [-0.39, 0.29) is 5.91 Å². The van der Waals surface area contributed by atoms with E-state index < -0.39 is 0 Å². The fraction of sp³-hybridized carbons (Fsp3) is 0.941. The van der Waals surface area contributed by atoms with Crippen molar-refractivity contribution in [3.63, 3.8) is 0 Å². The minimum Gasteiger partial charge on any atom is -0.355 e. The molecule has 0 atom stereocenters. The highest BCUT2D eigenvalue weighted by Crippen LogP contribution is 2.10. The van der Waals surface area contributed by atoms with E-state index in [4.69, 9.17) is 0 Å². The molecule has 3 nitrogen and oxygen atoms in total.